The Bertz CT molecular complexity index is 174. The number of nitrogens with zero attached hydrogens (tertiary/aromatic N) is 1. The summed E-state index contributed by atoms with van der Waals surface area (Å²) in [5.74, 6) is 0.584. The average molecular weight is 199 g/mol. The highest BCUT2D eigenvalue weighted by Crippen LogP contribution is 2.27. The second-order valence-electron chi connectivity index (χ2n) is 4.38. The van der Waals surface area contributed by atoms with Gasteiger partial charge in [0.2, 0.25) is 0 Å². The van der Waals surface area contributed by atoms with Crippen molar-refractivity contribution in [1.82, 2.24) is 4.90 Å². The Morgan fingerprint density at radius 2 is 2.00 bits per heavy atom. The highest BCUT2D eigenvalue weighted by molar-refractivity contribution is 5.69. The van der Waals surface area contributed by atoms with E-state index in [1.165, 1.54) is 25.7 Å². The van der Waals surface area contributed by atoms with Crippen LogP contribution < -0.4 is 0 Å². The maximum Gasteiger partial charge on any atom is 0.306 e. The first kappa shape index (κ1) is 11.5. The molecule has 0 saturated heterocycles. The molecule has 1 saturated carbocycles. The molecule has 1 aliphatic carbocycles. The molecule has 0 spiro atoms. The van der Waals surface area contributed by atoms with Crippen molar-refractivity contribution in [1.29, 1.82) is 0 Å². The molecule has 0 aromatic rings. The highest BCUT2D eigenvalue weighted by atomic mass is 16.5. The molecule has 3 heteroatoms. The minimum absolute atomic E-state index is 0.0150. The molecular formula is C11H21NO2. The number of likely N-dealkylation sites (N-methyl/N-ethyl adjacent to an activating group) is 1. The number of carbonyl (C=O) groups excluding carboxylic acids is 1. The first-order chi connectivity index (χ1) is 6.68. The average Bonchev–Trinajstić information content (AvgIpc) is 2.56. The van der Waals surface area contributed by atoms with E-state index in [1.54, 1.807) is 0 Å². The minimum atomic E-state index is -0.0150. The van der Waals surface area contributed by atoms with Crippen molar-refractivity contribution in [2.75, 3.05) is 27.2 Å². The minimum Gasteiger partial charge on any atom is -0.464 e. The summed E-state index contributed by atoms with van der Waals surface area (Å²) in [4.78, 5) is 13.4. The lowest BCUT2D eigenvalue weighted by Gasteiger charge is -2.11. The fourth-order valence-corrected chi connectivity index (χ4v) is 1.85. The quantitative estimate of drug-likeness (QED) is 0.631. The van der Waals surface area contributed by atoms with Crippen LogP contribution in [0.2, 0.25) is 0 Å². The van der Waals surface area contributed by atoms with Gasteiger partial charge in [-0.3, -0.25) is 4.79 Å². The Kier molecular flexibility index (Phi) is 4.94. The molecule has 0 N–H and O–H groups in total. The summed E-state index contributed by atoms with van der Waals surface area (Å²) in [6.07, 6.45) is 5.63. The number of hydrogen-bond acceptors (Lipinski definition) is 3. The molecule has 0 atom stereocenters. The van der Waals surface area contributed by atoms with Crippen LogP contribution in [0.4, 0.5) is 0 Å². The van der Waals surface area contributed by atoms with Crippen LogP contribution in [-0.2, 0) is 9.53 Å². The Morgan fingerprint density at radius 1 is 1.36 bits per heavy atom. The lowest BCUT2D eigenvalue weighted by molar-refractivity contribution is -0.145. The number of ether oxygens (including phenoxy) is 1. The molecule has 3 nitrogen and oxygen atoms in total. The standard InChI is InChI=1S/C11H21NO2/c1-12(2)7-8-14-11(13)9-10-5-3-4-6-10/h10H,3-9H2,1-2H3. The van der Waals surface area contributed by atoms with E-state index in [0.717, 1.165) is 6.54 Å². The van der Waals surface area contributed by atoms with Gasteiger partial charge in [-0.1, -0.05) is 12.8 Å². The van der Waals surface area contributed by atoms with E-state index in [4.69, 9.17) is 4.74 Å². The van der Waals surface area contributed by atoms with Crippen LogP contribution in [0, 0.1) is 5.92 Å². The van der Waals surface area contributed by atoms with Gasteiger partial charge in [-0.15, -0.1) is 0 Å². The van der Waals surface area contributed by atoms with Gasteiger partial charge in [0.1, 0.15) is 6.61 Å². The van der Waals surface area contributed by atoms with E-state index in [0.29, 0.717) is 18.9 Å². The summed E-state index contributed by atoms with van der Waals surface area (Å²) in [6, 6.07) is 0. The molecule has 14 heavy (non-hydrogen) atoms. The van der Waals surface area contributed by atoms with Gasteiger partial charge in [-0.2, -0.15) is 0 Å². The van der Waals surface area contributed by atoms with Crippen molar-refractivity contribution in [3.05, 3.63) is 0 Å². The second kappa shape index (κ2) is 6.02. The predicted octanol–water partition coefficient (Wildman–Crippen LogP) is 1.67. The third-order valence-electron chi connectivity index (χ3n) is 2.73. The zero-order chi connectivity index (χ0) is 10.4. The monoisotopic (exact) mass is 199 g/mol. The number of carbonyl (C=O) groups is 1. The summed E-state index contributed by atoms with van der Waals surface area (Å²) in [5.41, 5.74) is 0. The van der Waals surface area contributed by atoms with Crippen molar-refractivity contribution in [2.24, 2.45) is 5.92 Å². The third-order valence-corrected chi connectivity index (χ3v) is 2.73. The highest BCUT2D eigenvalue weighted by Gasteiger charge is 2.18. The molecule has 0 radical (unpaired) electrons. The van der Waals surface area contributed by atoms with E-state index in [-0.39, 0.29) is 5.97 Å². The maximum absolute atomic E-state index is 11.3. The van der Waals surface area contributed by atoms with Crippen LogP contribution in [0.15, 0.2) is 0 Å². The molecule has 0 bridgehead atoms. The van der Waals surface area contributed by atoms with E-state index in [9.17, 15) is 4.79 Å². The molecule has 0 aromatic carbocycles. The zero-order valence-corrected chi connectivity index (χ0v) is 9.29. The summed E-state index contributed by atoms with van der Waals surface area (Å²) >= 11 is 0. The Hall–Kier alpha value is -0.570. The van der Waals surface area contributed by atoms with Crippen LogP contribution >= 0.6 is 0 Å². The van der Waals surface area contributed by atoms with Gasteiger partial charge in [0.05, 0.1) is 0 Å². The Balaban J connectivity index is 2.03. The lowest BCUT2D eigenvalue weighted by Crippen LogP contribution is -2.20. The SMILES string of the molecule is CN(C)CCOC(=O)CC1CCCC1. The molecule has 82 valence electrons. The first-order valence-electron chi connectivity index (χ1n) is 5.49. The Morgan fingerprint density at radius 3 is 2.57 bits per heavy atom. The Labute approximate surface area is 86.4 Å². The first-order valence-corrected chi connectivity index (χ1v) is 5.49. The number of rotatable bonds is 5. The molecule has 0 heterocycles. The molecule has 0 aromatic heterocycles. The van der Waals surface area contributed by atoms with Crippen LogP contribution in [0.25, 0.3) is 0 Å². The van der Waals surface area contributed by atoms with Gasteiger partial charge < -0.3 is 9.64 Å². The molecule has 1 fully saturated rings. The third kappa shape index (κ3) is 4.61. The van der Waals surface area contributed by atoms with Crippen molar-refractivity contribution in [3.63, 3.8) is 0 Å². The maximum atomic E-state index is 11.3. The van der Waals surface area contributed by atoms with Gasteiger partial charge in [0.15, 0.2) is 0 Å². The fourth-order valence-electron chi connectivity index (χ4n) is 1.85. The van der Waals surface area contributed by atoms with E-state index >= 15 is 0 Å². The van der Waals surface area contributed by atoms with Crippen LogP contribution in [0.3, 0.4) is 0 Å². The lowest BCUT2D eigenvalue weighted by atomic mass is 10.1. The van der Waals surface area contributed by atoms with Gasteiger partial charge >= 0.3 is 5.97 Å². The normalized spacial score (nSPS) is 17.6. The van der Waals surface area contributed by atoms with Crippen molar-refractivity contribution >= 4 is 5.97 Å². The van der Waals surface area contributed by atoms with E-state index in [1.807, 2.05) is 19.0 Å². The largest absolute Gasteiger partial charge is 0.464 e. The summed E-state index contributed by atoms with van der Waals surface area (Å²) in [7, 11) is 3.95. The van der Waals surface area contributed by atoms with Gasteiger partial charge in [0.25, 0.3) is 0 Å². The molecule has 1 rings (SSSR count). The van der Waals surface area contributed by atoms with E-state index in [2.05, 4.69) is 0 Å². The summed E-state index contributed by atoms with van der Waals surface area (Å²) in [5, 5.41) is 0. The van der Waals surface area contributed by atoms with Crippen LogP contribution in [0.5, 0.6) is 0 Å². The molecule has 0 unspecified atom stereocenters. The molecule has 1 aliphatic rings. The van der Waals surface area contributed by atoms with Gasteiger partial charge in [-0.05, 0) is 32.9 Å². The molecular weight excluding hydrogens is 178 g/mol. The van der Waals surface area contributed by atoms with Crippen LogP contribution in [-0.4, -0.2) is 38.1 Å². The number of hydrogen-bond donors (Lipinski definition) is 0. The van der Waals surface area contributed by atoms with Crippen molar-refractivity contribution < 1.29 is 9.53 Å². The number of esters is 1. The predicted molar refractivity (Wildman–Crippen MR) is 56.1 cm³/mol. The molecule has 0 amide bonds. The van der Waals surface area contributed by atoms with Crippen molar-refractivity contribution in [3.8, 4) is 0 Å². The summed E-state index contributed by atoms with van der Waals surface area (Å²) < 4.78 is 5.13. The van der Waals surface area contributed by atoms with Gasteiger partial charge in [-0.25, -0.2) is 0 Å². The molecule has 0 aliphatic heterocycles. The fraction of sp³-hybridized carbons (Fsp3) is 0.909. The van der Waals surface area contributed by atoms with Crippen LogP contribution in [0.1, 0.15) is 32.1 Å². The smallest absolute Gasteiger partial charge is 0.306 e. The van der Waals surface area contributed by atoms with Gasteiger partial charge in [0, 0.05) is 13.0 Å². The van der Waals surface area contributed by atoms with E-state index < -0.39 is 0 Å². The topological polar surface area (TPSA) is 29.5 Å². The summed E-state index contributed by atoms with van der Waals surface area (Å²) in [6.45, 7) is 1.34. The zero-order valence-electron chi connectivity index (χ0n) is 9.29. The second-order valence-corrected chi connectivity index (χ2v) is 4.38. The van der Waals surface area contributed by atoms with Crippen molar-refractivity contribution in [2.45, 2.75) is 32.1 Å².